The van der Waals surface area contributed by atoms with Crippen molar-refractivity contribution >= 4 is 10.1 Å². The van der Waals surface area contributed by atoms with Gasteiger partial charge in [-0.3, -0.25) is 4.55 Å². The van der Waals surface area contributed by atoms with Gasteiger partial charge in [0.25, 0.3) is 10.1 Å². The molecule has 0 bridgehead atoms. The highest BCUT2D eigenvalue weighted by atomic mass is 32.2. The molecule has 0 saturated heterocycles. The SMILES string of the molecule is O=S(=O)(O)CCCCc1ccccc1Oc1ccccc1. The molecule has 4 nitrogen and oxygen atoms in total. The van der Waals surface area contributed by atoms with Gasteiger partial charge in [-0.25, -0.2) is 0 Å². The number of unbranched alkanes of at least 4 members (excludes halogenated alkanes) is 1. The second-order valence-electron chi connectivity index (χ2n) is 4.77. The van der Waals surface area contributed by atoms with E-state index in [0.29, 0.717) is 19.3 Å². The molecule has 0 unspecified atom stereocenters. The van der Waals surface area contributed by atoms with Crippen LogP contribution >= 0.6 is 0 Å². The van der Waals surface area contributed by atoms with E-state index in [0.717, 1.165) is 17.1 Å². The van der Waals surface area contributed by atoms with Crippen molar-refractivity contribution in [1.82, 2.24) is 0 Å². The molecule has 5 heteroatoms. The van der Waals surface area contributed by atoms with E-state index in [1.165, 1.54) is 0 Å². The smallest absolute Gasteiger partial charge is 0.264 e. The van der Waals surface area contributed by atoms with Crippen molar-refractivity contribution in [1.29, 1.82) is 0 Å². The van der Waals surface area contributed by atoms with E-state index in [4.69, 9.17) is 9.29 Å². The quantitative estimate of drug-likeness (QED) is 0.626. The van der Waals surface area contributed by atoms with E-state index in [-0.39, 0.29) is 5.75 Å². The average molecular weight is 306 g/mol. The maximum absolute atomic E-state index is 10.7. The zero-order valence-corrected chi connectivity index (χ0v) is 12.4. The van der Waals surface area contributed by atoms with Crippen LogP contribution in [0.25, 0.3) is 0 Å². The highest BCUT2D eigenvalue weighted by Crippen LogP contribution is 2.26. The lowest BCUT2D eigenvalue weighted by Crippen LogP contribution is -2.04. The van der Waals surface area contributed by atoms with Crippen molar-refractivity contribution in [2.75, 3.05) is 5.75 Å². The molecule has 0 atom stereocenters. The zero-order valence-electron chi connectivity index (χ0n) is 11.6. The monoisotopic (exact) mass is 306 g/mol. The van der Waals surface area contributed by atoms with Gasteiger partial charge >= 0.3 is 0 Å². The van der Waals surface area contributed by atoms with Gasteiger partial charge in [0.2, 0.25) is 0 Å². The predicted molar refractivity (Wildman–Crippen MR) is 82.3 cm³/mol. The Hall–Kier alpha value is -1.85. The Morgan fingerprint density at radius 2 is 1.57 bits per heavy atom. The summed E-state index contributed by atoms with van der Waals surface area (Å²) in [6.45, 7) is 0. The molecule has 0 amide bonds. The molecule has 0 aliphatic rings. The summed E-state index contributed by atoms with van der Waals surface area (Å²) in [7, 11) is -3.87. The van der Waals surface area contributed by atoms with Crippen molar-refractivity contribution in [3.8, 4) is 11.5 Å². The molecule has 2 aromatic carbocycles. The van der Waals surface area contributed by atoms with Gasteiger partial charge in [0.05, 0.1) is 5.75 Å². The summed E-state index contributed by atoms with van der Waals surface area (Å²) >= 11 is 0. The lowest BCUT2D eigenvalue weighted by molar-refractivity contribution is 0.473. The van der Waals surface area contributed by atoms with Crippen LogP contribution in [0.3, 0.4) is 0 Å². The lowest BCUT2D eigenvalue weighted by Gasteiger charge is -2.10. The van der Waals surface area contributed by atoms with Crippen LogP contribution in [0.1, 0.15) is 18.4 Å². The average Bonchev–Trinajstić information content (AvgIpc) is 2.45. The highest BCUT2D eigenvalue weighted by Gasteiger charge is 2.07. The number of para-hydroxylation sites is 2. The molecule has 0 aliphatic carbocycles. The molecule has 1 N–H and O–H groups in total. The summed E-state index contributed by atoms with van der Waals surface area (Å²) in [4.78, 5) is 0. The van der Waals surface area contributed by atoms with E-state index < -0.39 is 10.1 Å². The minimum absolute atomic E-state index is 0.200. The van der Waals surface area contributed by atoms with Gasteiger partial charge in [-0.2, -0.15) is 8.42 Å². The van der Waals surface area contributed by atoms with Crippen LogP contribution < -0.4 is 4.74 Å². The first-order chi connectivity index (χ1) is 10.0. The molecule has 21 heavy (non-hydrogen) atoms. The van der Waals surface area contributed by atoms with E-state index in [2.05, 4.69) is 0 Å². The van der Waals surface area contributed by atoms with E-state index in [1.807, 2.05) is 54.6 Å². The summed E-state index contributed by atoms with van der Waals surface area (Å²) in [5, 5.41) is 0. The predicted octanol–water partition coefficient (Wildman–Crippen LogP) is 3.69. The fourth-order valence-corrected chi connectivity index (χ4v) is 2.59. The Labute approximate surface area is 125 Å². The third-order valence-electron chi connectivity index (χ3n) is 3.04. The van der Waals surface area contributed by atoms with Crippen molar-refractivity contribution in [2.45, 2.75) is 19.3 Å². The van der Waals surface area contributed by atoms with Gasteiger partial charge in [-0.05, 0) is 43.0 Å². The Morgan fingerprint density at radius 3 is 2.29 bits per heavy atom. The fraction of sp³-hybridized carbons (Fsp3) is 0.250. The van der Waals surface area contributed by atoms with E-state index in [1.54, 1.807) is 0 Å². The minimum atomic E-state index is -3.87. The third-order valence-corrected chi connectivity index (χ3v) is 3.85. The Bertz CT molecular complexity index is 666. The summed E-state index contributed by atoms with van der Waals surface area (Å²) in [6.07, 6.45) is 1.81. The molecule has 0 spiro atoms. The molecule has 0 heterocycles. The number of rotatable bonds is 7. The molecule has 0 aromatic heterocycles. The zero-order chi connectivity index (χ0) is 15.1. The minimum Gasteiger partial charge on any atom is -0.457 e. The van der Waals surface area contributed by atoms with Crippen molar-refractivity contribution in [3.05, 3.63) is 60.2 Å². The first-order valence-corrected chi connectivity index (χ1v) is 8.41. The maximum atomic E-state index is 10.7. The number of hydrogen-bond acceptors (Lipinski definition) is 3. The summed E-state index contributed by atoms with van der Waals surface area (Å²) in [6, 6.07) is 17.2. The van der Waals surface area contributed by atoms with Crippen LogP contribution in [-0.2, 0) is 16.5 Å². The third kappa shape index (κ3) is 5.57. The van der Waals surface area contributed by atoms with Crippen LogP contribution in [0.4, 0.5) is 0 Å². The first kappa shape index (κ1) is 15.5. The Morgan fingerprint density at radius 1 is 0.905 bits per heavy atom. The summed E-state index contributed by atoms with van der Waals surface area (Å²) in [5.74, 6) is 1.34. The van der Waals surface area contributed by atoms with Crippen LogP contribution in [-0.4, -0.2) is 18.7 Å². The maximum Gasteiger partial charge on any atom is 0.264 e. The Balaban J connectivity index is 1.97. The molecular formula is C16H18O4S. The second-order valence-corrected chi connectivity index (χ2v) is 6.34. The van der Waals surface area contributed by atoms with Crippen LogP contribution in [0.5, 0.6) is 11.5 Å². The largest absolute Gasteiger partial charge is 0.457 e. The number of benzene rings is 2. The fourth-order valence-electron chi connectivity index (χ4n) is 2.03. The summed E-state index contributed by atoms with van der Waals surface area (Å²) in [5.41, 5.74) is 1.02. The van der Waals surface area contributed by atoms with Crippen LogP contribution in [0.15, 0.2) is 54.6 Å². The molecule has 0 fully saturated rings. The molecule has 112 valence electrons. The standard InChI is InChI=1S/C16H18O4S/c17-21(18,19)13-7-6-9-14-8-4-5-12-16(14)20-15-10-2-1-3-11-15/h1-5,8,10-12H,6-7,9,13H2,(H,17,18,19). The molecule has 2 aromatic rings. The first-order valence-electron chi connectivity index (χ1n) is 6.80. The van der Waals surface area contributed by atoms with Gasteiger partial charge < -0.3 is 4.74 Å². The number of aryl methyl sites for hydroxylation is 1. The Kier molecular flexibility index (Phi) is 5.36. The van der Waals surface area contributed by atoms with Gasteiger partial charge in [-0.1, -0.05) is 36.4 Å². The van der Waals surface area contributed by atoms with Gasteiger partial charge in [0.15, 0.2) is 0 Å². The number of hydrogen-bond donors (Lipinski definition) is 1. The van der Waals surface area contributed by atoms with Gasteiger partial charge in [-0.15, -0.1) is 0 Å². The summed E-state index contributed by atoms with van der Waals surface area (Å²) < 4.78 is 35.9. The normalized spacial score (nSPS) is 11.3. The van der Waals surface area contributed by atoms with E-state index >= 15 is 0 Å². The molecule has 0 aliphatic heterocycles. The molecule has 0 radical (unpaired) electrons. The van der Waals surface area contributed by atoms with Crippen molar-refractivity contribution in [2.24, 2.45) is 0 Å². The van der Waals surface area contributed by atoms with Crippen molar-refractivity contribution < 1.29 is 17.7 Å². The molecule has 2 rings (SSSR count). The number of ether oxygens (including phenoxy) is 1. The highest BCUT2D eigenvalue weighted by molar-refractivity contribution is 7.85. The van der Waals surface area contributed by atoms with Crippen molar-refractivity contribution in [3.63, 3.8) is 0 Å². The van der Waals surface area contributed by atoms with Crippen LogP contribution in [0, 0.1) is 0 Å². The topological polar surface area (TPSA) is 63.6 Å². The second kappa shape index (κ2) is 7.24. The molecular weight excluding hydrogens is 288 g/mol. The van der Waals surface area contributed by atoms with Gasteiger partial charge in [0, 0.05) is 0 Å². The van der Waals surface area contributed by atoms with Gasteiger partial charge in [0.1, 0.15) is 11.5 Å². The lowest BCUT2D eigenvalue weighted by atomic mass is 10.1. The van der Waals surface area contributed by atoms with E-state index in [9.17, 15) is 8.42 Å². The van der Waals surface area contributed by atoms with Crippen LogP contribution in [0.2, 0.25) is 0 Å². The molecule has 0 saturated carbocycles.